The molecule has 0 spiro atoms. The van der Waals surface area contributed by atoms with E-state index in [1.54, 1.807) is 19.5 Å². The molecule has 3 nitrogen and oxygen atoms in total. The molecule has 15 heavy (non-hydrogen) atoms. The lowest BCUT2D eigenvalue weighted by atomic mass is 10.1. The maximum Gasteiger partial charge on any atom is 0.133 e. The second-order valence-corrected chi connectivity index (χ2v) is 3.83. The summed E-state index contributed by atoms with van der Waals surface area (Å²) in [4.78, 5) is 7.95. The predicted molar refractivity (Wildman–Crippen MR) is 61.7 cm³/mol. The van der Waals surface area contributed by atoms with Gasteiger partial charge in [0, 0.05) is 18.0 Å². The Morgan fingerprint density at radius 2 is 1.87 bits per heavy atom. The van der Waals surface area contributed by atoms with Crippen molar-refractivity contribution in [3.8, 4) is 16.9 Å². The van der Waals surface area contributed by atoms with Gasteiger partial charge in [0.25, 0.3) is 0 Å². The van der Waals surface area contributed by atoms with Crippen LogP contribution in [0.5, 0.6) is 5.75 Å². The molecule has 1 aromatic heterocycles. The van der Waals surface area contributed by atoms with Crippen LogP contribution in [0.2, 0.25) is 0 Å². The highest BCUT2D eigenvalue weighted by Crippen LogP contribution is 2.29. The molecule has 1 aromatic carbocycles. The van der Waals surface area contributed by atoms with Crippen LogP contribution in [0.3, 0.4) is 0 Å². The van der Waals surface area contributed by atoms with E-state index in [9.17, 15) is 0 Å². The molecule has 0 N–H and O–H groups in total. The van der Waals surface area contributed by atoms with Gasteiger partial charge >= 0.3 is 0 Å². The first-order valence-electron chi connectivity index (χ1n) is 4.40. The number of methoxy groups -OCH3 is 1. The second kappa shape index (κ2) is 4.40. The highest BCUT2D eigenvalue weighted by molar-refractivity contribution is 9.10. The van der Waals surface area contributed by atoms with E-state index in [1.807, 2.05) is 18.2 Å². The summed E-state index contributed by atoms with van der Waals surface area (Å²) in [7, 11) is 1.64. The normalized spacial score (nSPS) is 10.0. The average Bonchev–Trinajstić information content (AvgIpc) is 2.31. The number of benzene rings is 1. The van der Waals surface area contributed by atoms with Crippen molar-refractivity contribution in [2.75, 3.05) is 7.11 Å². The zero-order chi connectivity index (χ0) is 10.7. The zero-order valence-corrected chi connectivity index (χ0v) is 9.73. The molecule has 0 fully saturated rings. The van der Waals surface area contributed by atoms with E-state index >= 15 is 0 Å². The summed E-state index contributed by atoms with van der Waals surface area (Å²) in [5.74, 6) is 0.802. The van der Waals surface area contributed by atoms with Crippen molar-refractivity contribution >= 4 is 15.9 Å². The van der Waals surface area contributed by atoms with E-state index in [2.05, 4.69) is 25.9 Å². The standard InChI is InChI=1S/C11H9BrN2O/c1-15-11-4-8(2-3-10(11)12)9-5-13-7-14-6-9/h2-7H,1H3. The number of ether oxygens (including phenoxy) is 1. The summed E-state index contributed by atoms with van der Waals surface area (Å²) in [5.41, 5.74) is 2.01. The minimum Gasteiger partial charge on any atom is -0.496 e. The maximum atomic E-state index is 5.22. The van der Waals surface area contributed by atoms with Gasteiger partial charge in [0.1, 0.15) is 12.1 Å². The predicted octanol–water partition coefficient (Wildman–Crippen LogP) is 2.91. The highest BCUT2D eigenvalue weighted by atomic mass is 79.9. The van der Waals surface area contributed by atoms with Gasteiger partial charge in [0.15, 0.2) is 0 Å². The Kier molecular flexibility index (Phi) is 2.97. The largest absolute Gasteiger partial charge is 0.496 e. The van der Waals surface area contributed by atoms with Gasteiger partial charge < -0.3 is 4.74 Å². The average molecular weight is 265 g/mol. The van der Waals surface area contributed by atoms with Crippen LogP contribution in [0.15, 0.2) is 41.4 Å². The topological polar surface area (TPSA) is 35.0 Å². The van der Waals surface area contributed by atoms with Crippen LogP contribution in [0, 0.1) is 0 Å². The first-order chi connectivity index (χ1) is 7.31. The minimum absolute atomic E-state index is 0.802. The lowest BCUT2D eigenvalue weighted by Crippen LogP contribution is -1.87. The summed E-state index contributed by atoms with van der Waals surface area (Å²) in [6.07, 6.45) is 5.06. The lowest BCUT2D eigenvalue weighted by Gasteiger charge is -2.05. The molecule has 0 aliphatic heterocycles. The minimum atomic E-state index is 0.802. The van der Waals surface area contributed by atoms with Crippen LogP contribution < -0.4 is 4.74 Å². The Balaban J connectivity index is 2.46. The lowest BCUT2D eigenvalue weighted by molar-refractivity contribution is 0.412. The molecular weight excluding hydrogens is 256 g/mol. The maximum absolute atomic E-state index is 5.22. The number of hydrogen-bond donors (Lipinski definition) is 0. The third-order valence-corrected chi connectivity index (χ3v) is 2.70. The Morgan fingerprint density at radius 3 is 2.53 bits per heavy atom. The van der Waals surface area contributed by atoms with Crippen LogP contribution in [-0.2, 0) is 0 Å². The van der Waals surface area contributed by atoms with Crippen molar-refractivity contribution in [2.24, 2.45) is 0 Å². The first kappa shape index (κ1) is 10.1. The summed E-state index contributed by atoms with van der Waals surface area (Å²) < 4.78 is 6.16. The number of hydrogen-bond acceptors (Lipinski definition) is 3. The Labute approximate surface area is 96.3 Å². The van der Waals surface area contributed by atoms with E-state index in [0.717, 1.165) is 21.3 Å². The van der Waals surface area contributed by atoms with E-state index < -0.39 is 0 Å². The van der Waals surface area contributed by atoms with Crippen molar-refractivity contribution in [1.29, 1.82) is 0 Å². The zero-order valence-electron chi connectivity index (χ0n) is 8.14. The van der Waals surface area contributed by atoms with Gasteiger partial charge in [-0.1, -0.05) is 6.07 Å². The van der Waals surface area contributed by atoms with Crippen LogP contribution >= 0.6 is 15.9 Å². The van der Waals surface area contributed by atoms with Gasteiger partial charge in [-0.25, -0.2) is 9.97 Å². The van der Waals surface area contributed by atoms with Gasteiger partial charge in [-0.15, -0.1) is 0 Å². The number of rotatable bonds is 2. The molecule has 76 valence electrons. The molecule has 0 saturated heterocycles. The molecule has 4 heteroatoms. The Morgan fingerprint density at radius 1 is 1.13 bits per heavy atom. The summed E-state index contributed by atoms with van der Waals surface area (Å²) in [6.45, 7) is 0. The van der Waals surface area contributed by atoms with Gasteiger partial charge in [0.05, 0.1) is 11.6 Å². The summed E-state index contributed by atoms with van der Waals surface area (Å²) in [5, 5.41) is 0. The van der Waals surface area contributed by atoms with Crippen molar-refractivity contribution in [3.05, 3.63) is 41.4 Å². The number of nitrogens with zero attached hydrogens (tertiary/aromatic N) is 2. The van der Waals surface area contributed by atoms with Crippen molar-refractivity contribution < 1.29 is 4.74 Å². The molecule has 0 atom stereocenters. The quantitative estimate of drug-likeness (QED) is 0.837. The molecule has 0 aliphatic rings. The Hall–Kier alpha value is -1.42. The third-order valence-electron chi connectivity index (χ3n) is 2.05. The van der Waals surface area contributed by atoms with Crippen LogP contribution in [0.25, 0.3) is 11.1 Å². The highest BCUT2D eigenvalue weighted by Gasteiger charge is 2.03. The molecule has 0 radical (unpaired) electrons. The van der Waals surface area contributed by atoms with Gasteiger partial charge in [0.2, 0.25) is 0 Å². The van der Waals surface area contributed by atoms with E-state index in [0.29, 0.717) is 0 Å². The molecule has 0 unspecified atom stereocenters. The van der Waals surface area contributed by atoms with Crippen molar-refractivity contribution in [3.63, 3.8) is 0 Å². The smallest absolute Gasteiger partial charge is 0.133 e. The molecule has 0 bridgehead atoms. The van der Waals surface area contributed by atoms with Crippen molar-refractivity contribution in [1.82, 2.24) is 9.97 Å². The van der Waals surface area contributed by atoms with Crippen LogP contribution in [0.1, 0.15) is 0 Å². The monoisotopic (exact) mass is 264 g/mol. The number of halogens is 1. The Bertz CT molecular complexity index is 459. The van der Waals surface area contributed by atoms with E-state index in [1.165, 1.54) is 6.33 Å². The second-order valence-electron chi connectivity index (χ2n) is 2.98. The molecule has 2 rings (SSSR count). The molecule has 2 aromatic rings. The number of aromatic nitrogens is 2. The molecule has 0 aliphatic carbocycles. The molecule has 0 amide bonds. The van der Waals surface area contributed by atoms with E-state index in [4.69, 9.17) is 4.74 Å². The first-order valence-corrected chi connectivity index (χ1v) is 5.19. The van der Waals surface area contributed by atoms with Gasteiger partial charge in [-0.05, 0) is 33.6 Å². The SMILES string of the molecule is COc1cc(-c2cncnc2)ccc1Br. The van der Waals surface area contributed by atoms with Gasteiger partial charge in [-0.2, -0.15) is 0 Å². The fraction of sp³-hybridized carbons (Fsp3) is 0.0909. The molecule has 0 saturated carbocycles. The van der Waals surface area contributed by atoms with E-state index in [-0.39, 0.29) is 0 Å². The third kappa shape index (κ3) is 2.15. The molecule has 1 heterocycles. The van der Waals surface area contributed by atoms with Crippen molar-refractivity contribution in [2.45, 2.75) is 0 Å². The van der Waals surface area contributed by atoms with Crippen LogP contribution in [-0.4, -0.2) is 17.1 Å². The van der Waals surface area contributed by atoms with Crippen LogP contribution in [0.4, 0.5) is 0 Å². The summed E-state index contributed by atoms with van der Waals surface area (Å²) in [6, 6.07) is 5.88. The summed E-state index contributed by atoms with van der Waals surface area (Å²) >= 11 is 3.41. The molecular formula is C11H9BrN2O. The van der Waals surface area contributed by atoms with Gasteiger partial charge in [-0.3, -0.25) is 0 Å². The fourth-order valence-corrected chi connectivity index (χ4v) is 1.70. The fourth-order valence-electron chi connectivity index (χ4n) is 1.29.